The zero-order valence-electron chi connectivity index (χ0n) is 12.4. The van der Waals surface area contributed by atoms with Crippen molar-refractivity contribution in [3.63, 3.8) is 0 Å². The molecular weight excluding hydrogens is 286 g/mol. The summed E-state index contributed by atoms with van der Waals surface area (Å²) < 4.78 is 1.81. The van der Waals surface area contributed by atoms with Crippen molar-refractivity contribution in [3.05, 3.63) is 36.2 Å². The third kappa shape index (κ3) is 5.07. The van der Waals surface area contributed by atoms with Crippen LogP contribution in [0.1, 0.15) is 19.4 Å². The molecule has 0 unspecified atom stereocenters. The number of ketones is 1. The summed E-state index contributed by atoms with van der Waals surface area (Å²) in [4.78, 5) is 18.6. The Balaban J connectivity index is 0.000000383. The predicted octanol–water partition coefficient (Wildman–Crippen LogP) is 2.45. The van der Waals surface area contributed by atoms with E-state index in [1.165, 1.54) is 12.5 Å². The molecule has 0 amide bonds. The molecule has 0 saturated carbocycles. The number of hydrogen-bond acceptors (Lipinski definition) is 5. The van der Waals surface area contributed by atoms with Gasteiger partial charge >= 0.3 is 0 Å². The quantitative estimate of drug-likeness (QED) is 0.693. The van der Waals surface area contributed by atoms with E-state index < -0.39 is 5.78 Å². The maximum absolute atomic E-state index is 9.44. The van der Waals surface area contributed by atoms with Crippen LogP contribution >= 0.6 is 11.8 Å². The van der Waals surface area contributed by atoms with Crippen LogP contribution in [0, 0.1) is 0 Å². The van der Waals surface area contributed by atoms with Gasteiger partial charge in [-0.25, -0.2) is 4.68 Å². The Kier molecular flexibility index (Phi) is 6.68. The molecule has 1 heterocycles. The Morgan fingerprint density at radius 1 is 1.43 bits per heavy atom. The topological polar surface area (TPSA) is 78.0 Å². The minimum atomic E-state index is -0.426. The lowest BCUT2D eigenvalue weighted by atomic mass is 10.2. The number of nitrogens with zero attached hydrogens (tertiary/aromatic N) is 2. The van der Waals surface area contributed by atoms with E-state index in [0.29, 0.717) is 0 Å². The van der Waals surface area contributed by atoms with Gasteiger partial charge in [-0.3, -0.25) is 9.59 Å². The number of aldehydes is 1. The first-order valence-electron chi connectivity index (χ1n) is 6.33. The summed E-state index contributed by atoms with van der Waals surface area (Å²) in [6, 6.07) is 6.38. The summed E-state index contributed by atoms with van der Waals surface area (Å²) in [7, 11) is 0. The highest BCUT2D eigenvalue weighted by atomic mass is 32.2. The van der Waals surface area contributed by atoms with Gasteiger partial charge in [0.1, 0.15) is 0 Å². The molecule has 0 bridgehead atoms. The van der Waals surface area contributed by atoms with Crippen LogP contribution in [0.5, 0.6) is 0 Å². The van der Waals surface area contributed by atoms with E-state index in [9.17, 15) is 4.79 Å². The van der Waals surface area contributed by atoms with Crippen LogP contribution in [0.15, 0.2) is 30.6 Å². The highest BCUT2D eigenvalue weighted by Crippen LogP contribution is 2.18. The standard InChI is InChI=1S/C12H15N3S.C3H4O2/c1-9(6-13)15-7-11-4-3-10(8-16-2)5-12(11)14-15;1-3(5)2-4/h3-7H,8,13H2,1-2H3;2H,1H3/b9-6-;. The van der Waals surface area contributed by atoms with Crippen molar-refractivity contribution >= 4 is 40.4 Å². The van der Waals surface area contributed by atoms with Crippen LogP contribution in [0.2, 0.25) is 0 Å². The molecule has 21 heavy (non-hydrogen) atoms. The van der Waals surface area contributed by atoms with E-state index in [2.05, 4.69) is 29.6 Å². The number of rotatable bonds is 4. The van der Waals surface area contributed by atoms with E-state index in [0.717, 1.165) is 22.4 Å². The van der Waals surface area contributed by atoms with Crippen LogP contribution in [0.4, 0.5) is 0 Å². The fourth-order valence-electron chi connectivity index (χ4n) is 1.58. The Morgan fingerprint density at radius 2 is 2.10 bits per heavy atom. The number of aromatic nitrogens is 2. The summed E-state index contributed by atoms with van der Waals surface area (Å²) in [6.07, 6.45) is 5.94. The number of benzene rings is 1. The maximum atomic E-state index is 9.44. The second kappa shape index (κ2) is 8.26. The number of carbonyl (C=O) groups is 2. The first kappa shape index (κ1) is 17.0. The molecule has 0 saturated heterocycles. The average molecular weight is 305 g/mol. The Hall–Kier alpha value is -2.08. The summed E-state index contributed by atoms with van der Waals surface area (Å²) in [5.74, 6) is 0.596. The lowest BCUT2D eigenvalue weighted by Crippen LogP contribution is -1.96. The Labute approximate surface area is 128 Å². The summed E-state index contributed by atoms with van der Waals surface area (Å²) in [5.41, 5.74) is 8.74. The SMILES string of the molecule is CC(=O)C=O.CSCc1ccc2cn(/C(C)=C\N)nc2c1. The van der Waals surface area contributed by atoms with Gasteiger partial charge in [-0.2, -0.15) is 16.9 Å². The Bertz CT molecular complexity index is 662. The molecule has 1 aromatic heterocycles. The molecule has 5 nitrogen and oxygen atoms in total. The van der Waals surface area contributed by atoms with Crippen molar-refractivity contribution in [3.8, 4) is 0 Å². The van der Waals surface area contributed by atoms with Crippen molar-refractivity contribution in [1.29, 1.82) is 0 Å². The molecule has 0 fully saturated rings. The molecule has 0 aliphatic heterocycles. The summed E-state index contributed by atoms with van der Waals surface area (Å²) in [6.45, 7) is 3.15. The van der Waals surface area contributed by atoms with Crippen LogP contribution in [-0.4, -0.2) is 28.1 Å². The average Bonchev–Trinajstić information content (AvgIpc) is 2.90. The molecule has 2 rings (SSSR count). The maximum Gasteiger partial charge on any atom is 0.192 e. The monoisotopic (exact) mass is 305 g/mol. The van der Waals surface area contributed by atoms with Crippen molar-refractivity contribution in [2.24, 2.45) is 5.73 Å². The van der Waals surface area contributed by atoms with Gasteiger partial charge in [0, 0.05) is 30.5 Å². The van der Waals surface area contributed by atoms with E-state index >= 15 is 0 Å². The zero-order chi connectivity index (χ0) is 15.8. The fourth-order valence-corrected chi connectivity index (χ4v) is 2.09. The van der Waals surface area contributed by atoms with Gasteiger partial charge in [0.25, 0.3) is 0 Å². The van der Waals surface area contributed by atoms with Crippen LogP contribution in [-0.2, 0) is 15.3 Å². The Morgan fingerprint density at radius 3 is 2.62 bits per heavy atom. The minimum Gasteiger partial charge on any atom is -0.403 e. The number of fused-ring (bicyclic) bond motifs is 1. The largest absolute Gasteiger partial charge is 0.403 e. The van der Waals surface area contributed by atoms with Crippen LogP contribution in [0.25, 0.3) is 16.6 Å². The van der Waals surface area contributed by atoms with Gasteiger partial charge in [-0.1, -0.05) is 12.1 Å². The number of nitrogens with two attached hydrogens (primary N) is 1. The van der Waals surface area contributed by atoms with Crippen LogP contribution in [0.3, 0.4) is 0 Å². The zero-order valence-corrected chi connectivity index (χ0v) is 13.2. The molecule has 0 radical (unpaired) electrons. The van der Waals surface area contributed by atoms with Gasteiger partial charge in [-0.05, 0) is 24.8 Å². The second-order valence-corrected chi connectivity index (χ2v) is 5.30. The third-order valence-corrected chi connectivity index (χ3v) is 3.27. The normalized spacial score (nSPS) is 10.9. The van der Waals surface area contributed by atoms with Gasteiger partial charge in [0.05, 0.1) is 11.2 Å². The van der Waals surface area contributed by atoms with Crippen molar-refractivity contribution in [1.82, 2.24) is 9.78 Å². The molecular formula is C15H19N3O2S. The van der Waals surface area contributed by atoms with Gasteiger partial charge < -0.3 is 5.73 Å². The molecule has 0 aliphatic carbocycles. The molecule has 112 valence electrons. The smallest absolute Gasteiger partial charge is 0.192 e. The van der Waals surface area contributed by atoms with Crippen LogP contribution < -0.4 is 5.73 Å². The molecule has 6 heteroatoms. The van der Waals surface area contributed by atoms with Crippen molar-refractivity contribution < 1.29 is 9.59 Å². The fraction of sp³-hybridized carbons (Fsp3) is 0.267. The molecule has 0 atom stereocenters. The number of carbonyl (C=O) groups excluding carboxylic acids is 2. The highest BCUT2D eigenvalue weighted by molar-refractivity contribution is 7.97. The summed E-state index contributed by atoms with van der Waals surface area (Å²) >= 11 is 1.81. The number of thioether (sulfide) groups is 1. The van der Waals surface area contributed by atoms with E-state index in [-0.39, 0.29) is 6.29 Å². The number of allylic oxidation sites excluding steroid dienone is 1. The number of Topliss-reactive ketones (excluding diaryl/α,β-unsaturated/α-hetero) is 1. The molecule has 2 aromatic rings. The molecule has 2 N–H and O–H groups in total. The van der Waals surface area contributed by atoms with Crippen molar-refractivity contribution in [2.75, 3.05) is 6.26 Å². The first-order valence-corrected chi connectivity index (χ1v) is 7.73. The van der Waals surface area contributed by atoms with Gasteiger partial charge in [-0.15, -0.1) is 0 Å². The minimum absolute atomic E-state index is 0.278. The summed E-state index contributed by atoms with van der Waals surface area (Å²) in [5, 5.41) is 5.63. The van der Waals surface area contributed by atoms with E-state index in [1.807, 2.05) is 29.6 Å². The molecule has 0 spiro atoms. The third-order valence-electron chi connectivity index (χ3n) is 2.65. The van der Waals surface area contributed by atoms with E-state index in [1.54, 1.807) is 6.20 Å². The van der Waals surface area contributed by atoms with Crippen molar-refractivity contribution in [2.45, 2.75) is 19.6 Å². The lowest BCUT2D eigenvalue weighted by Gasteiger charge is -1.97. The highest BCUT2D eigenvalue weighted by Gasteiger charge is 2.02. The van der Waals surface area contributed by atoms with Gasteiger partial charge in [0.15, 0.2) is 12.1 Å². The number of hydrogen-bond donors (Lipinski definition) is 1. The van der Waals surface area contributed by atoms with Gasteiger partial charge in [0.2, 0.25) is 0 Å². The van der Waals surface area contributed by atoms with E-state index in [4.69, 9.17) is 10.5 Å². The first-order chi connectivity index (χ1) is 10.0. The predicted molar refractivity (Wildman–Crippen MR) is 87.8 cm³/mol. The molecule has 0 aliphatic rings. The molecule has 1 aromatic carbocycles. The second-order valence-electron chi connectivity index (χ2n) is 4.44. The lowest BCUT2D eigenvalue weighted by molar-refractivity contribution is -0.128.